The van der Waals surface area contributed by atoms with Gasteiger partial charge in [-0.25, -0.2) is 18.4 Å². The molecule has 0 atom stereocenters. The number of para-hydroxylation sites is 1. The van der Waals surface area contributed by atoms with Crippen molar-refractivity contribution in [3.05, 3.63) is 82.2 Å². The molecular weight excluding hydrogens is 536 g/mol. The first-order valence-corrected chi connectivity index (χ1v) is 15.3. The summed E-state index contributed by atoms with van der Waals surface area (Å²) < 4.78 is 34.0. The van der Waals surface area contributed by atoms with Crippen molar-refractivity contribution in [3.63, 3.8) is 0 Å². The summed E-state index contributed by atoms with van der Waals surface area (Å²) in [5, 5.41) is 0.547. The van der Waals surface area contributed by atoms with Crippen LogP contribution in [-0.2, 0) is 14.6 Å². The van der Waals surface area contributed by atoms with Gasteiger partial charge in [0.25, 0.3) is 0 Å². The minimum absolute atomic E-state index is 0.132. The maximum absolute atomic E-state index is 12.0. The lowest BCUT2D eigenvalue weighted by Gasteiger charge is -2.13. The Bertz CT molecular complexity index is 1430. The van der Waals surface area contributed by atoms with Gasteiger partial charge in [-0.2, -0.15) is 4.37 Å². The number of nitrogens with two attached hydrogens (primary N) is 1. The fraction of sp³-hybridized carbons (Fsp3) is 0.240. The van der Waals surface area contributed by atoms with Crippen molar-refractivity contribution >= 4 is 56.1 Å². The van der Waals surface area contributed by atoms with Crippen molar-refractivity contribution in [2.24, 2.45) is 10.7 Å². The van der Waals surface area contributed by atoms with Gasteiger partial charge in [0, 0.05) is 11.8 Å². The van der Waals surface area contributed by atoms with E-state index in [4.69, 9.17) is 27.1 Å². The minimum Gasteiger partial charge on any atom is -0.481 e. The molecule has 0 bridgehead atoms. The number of rotatable bonds is 10. The fourth-order valence-corrected chi connectivity index (χ4v) is 5.05. The van der Waals surface area contributed by atoms with Crippen molar-refractivity contribution in [1.29, 1.82) is 0 Å². The van der Waals surface area contributed by atoms with E-state index >= 15 is 0 Å². The van der Waals surface area contributed by atoms with E-state index in [0.717, 1.165) is 29.0 Å². The minimum atomic E-state index is -3.38. The highest BCUT2D eigenvalue weighted by molar-refractivity contribution is 7.98. The largest absolute Gasteiger partial charge is 0.481 e. The van der Waals surface area contributed by atoms with Crippen LogP contribution in [0.1, 0.15) is 30.3 Å². The standard InChI is InChI=1S/C25H27ClN4O3S3/c1-15(2)19-11-6-7-12-20(19)28-23(21(26)22(27)16(3)33-14-34-4)25-29-24(30-35-25)17-9-8-10-18(13-17)36(5,31)32/h6-13,15H,3,14,27H2,1-2,4-5H3. The van der Waals surface area contributed by atoms with Crippen molar-refractivity contribution in [3.8, 4) is 11.4 Å². The summed E-state index contributed by atoms with van der Waals surface area (Å²) in [6.45, 7) is 8.04. The first-order chi connectivity index (χ1) is 17.0. The maximum Gasteiger partial charge on any atom is 0.175 e. The van der Waals surface area contributed by atoms with Crippen molar-refractivity contribution in [2.45, 2.75) is 24.7 Å². The summed E-state index contributed by atoms with van der Waals surface area (Å²) in [7, 11) is -3.38. The number of thioether (sulfide) groups is 1. The zero-order valence-electron chi connectivity index (χ0n) is 20.4. The van der Waals surface area contributed by atoms with Crippen LogP contribution in [0.5, 0.6) is 0 Å². The molecule has 2 N–H and O–H groups in total. The van der Waals surface area contributed by atoms with Gasteiger partial charge in [-0.3, -0.25) is 0 Å². The molecule has 11 heteroatoms. The third-order valence-corrected chi connectivity index (χ3v) is 7.60. The summed E-state index contributed by atoms with van der Waals surface area (Å²) in [6.07, 6.45) is 3.05. The number of hydrogen-bond donors (Lipinski definition) is 1. The molecule has 190 valence electrons. The van der Waals surface area contributed by atoms with Crippen LogP contribution in [0.3, 0.4) is 0 Å². The lowest BCUT2D eigenvalue weighted by Crippen LogP contribution is -2.12. The number of halogens is 1. The van der Waals surface area contributed by atoms with Gasteiger partial charge >= 0.3 is 0 Å². The van der Waals surface area contributed by atoms with E-state index in [1.165, 1.54) is 23.9 Å². The number of hydrogen-bond acceptors (Lipinski definition) is 9. The average molecular weight is 563 g/mol. The lowest BCUT2D eigenvalue weighted by atomic mass is 10.0. The highest BCUT2D eigenvalue weighted by Gasteiger charge is 2.21. The van der Waals surface area contributed by atoms with Gasteiger partial charge in [-0.1, -0.05) is 62.4 Å². The van der Waals surface area contributed by atoms with E-state index in [0.29, 0.717) is 28.0 Å². The van der Waals surface area contributed by atoms with Gasteiger partial charge in [-0.05, 0) is 47.5 Å². The van der Waals surface area contributed by atoms with Gasteiger partial charge in [0.15, 0.2) is 20.7 Å². The second kappa shape index (κ2) is 12.1. The Morgan fingerprint density at radius 3 is 2.64 bits per heavy atom. The molecule has 0 aliphatic heterocycles. The van der Waals surface area contributed by atoms with E-state index in [9.17, 15) is 8.42 Å². The highest BCUT2D eigenvalue weighted by Crippen LogP contribution is 2.31. The summed E-state index contributed by atoms with van der Waals surface area (Å²) in [5.74, 6) is 1.16. The molecular formula is C25H27ClN4O3S3. The van der Waals surface area contributed by atoms with Crippen LogP contribution in [-0.4, -0.2) is 41.9 Å². The normalized spacial score (nSPS) is 13.0. The van der Waals surface area contributed by atoms with E-state index in [-0.39, 0.29) is 27.3 Å². The summed E-state index contributed by atoms with van der Waals surface area (Å²) >= 11 is 9.33. The van der Waals surface area contributed by atoms with Crippen LogP contribution < -0.4 is 5.73 Å². The number of aliphatic imine (C=N–C) groups is 1. The Kier molecular flexibility index (Phi) is 9.35. The predicted molar refractivity (Wildman–Crippen MR) is 151 cm³/mol. The third-order valence-electron chi connectivity index (χ3n) is 5.04. The Morgan fingerprint density at radius 2 is 1.97 bits per heavy atom. The number of sulfone groups is 1. The summed E-state index contributed by atoms with van der Waals surface area (Å²) in [5.41, 5.74) is 9.07. The fourth-order valence-electron chi connectivity index (χ4n) is 3.15. The molecule has 0 fully saturated rings. The van der Waals surface area contributed by atoms with Crippen LogP contribution >= 0.6 is 34.9 Å². The summed E-state index contributed by atoms with van der Waals surface area (Å²) in [6, 6.07) is 14.2. The quantitative estimate of drug-likeness (QED) is 0.137. The van der Waals surface area contributed by atoms with Crippen LogP contribution in [0.15, 0.2) is 81.5 Å². The molecule has 0 spiro atoms. The topological polar surface area (TPSA) is 108 Å². The Balaban J connectivity index is 2.16. The van der Waals surface area contributed by atoms with Gasteiger partial charge in [0.1, 0.15) is 17.4 Å². The van der Waals surface area contributed by atoms with Gasteiger partial charge < -0.3 is 10.5 Å². The van der Waals surface area contributed by atoms with Crippen LogP contribution in [0.4, 0.5) is 5.69 Å². The molecule has 0 radical (unpaired) electrons. The van der Waals surface area contributed by atoms with Gasteiger partial charge in [-0.15, -0.1) is 11.8 Å². The number of benzene rings is 2. The Morgan fingerprint density at radius 1 is 1.25 bits per heavy atom. The molecule has 1 aromatic heterocycles. The van der Waals surface area contributed by atoms with Gasteiger partial charge in [0.05, 0.1) is 21.3 Å². The van der Waals surface area contributed by atoms with Gasteiger partial charge in [0.2, 0.25) is 0 Å². The SMILES string of the molecule is C=C(OCSC)C(N)=C(Cl)C(=Nc1ccccc1C(C)C)c1nc(-c2cccc(S(C)(=O)=O)c2)ns1. The number of nitrogens with zero attached hydrogens (tertiary/aromatic N) is 3. The average Bonchev–Trinajstić information content (AvgIpc) is 3.34. The second-order valence-corrected chi connectivity index (χ2v) is 12.1. The van der Waals surface area contributed by atoms with E-state index < -0.39 is 9.84 Å². The lowest BCUT2D eigenvalue weighted by molar-refractivity contribution is 0.283. The molecule has 7 nitrogen and oxygen atoms in total. The Labute approximate surface area is 225 Å². The molecule has 36 heavy (non-hydrogen) atoms. The Hall–Kier alpha value is -2.66. The smallest absolute Gasteiger partial charge is 0.175 e. The molecule has 0 amide bonds. The maximum atomic E-state index is 12.0. The molecule has 1 heterocycles. The van der Waals surface area contributed by atoms with Crippen molar-refractivity contribution in [2.75, 3.05) is 18.5 Å². The van der Waals surface area contributed by atoms with Crippen LogP contribution in [0.2, 0.25) is 0 Å². The molecule has 0 aliphatic rings. The number of ether oxygens (including phenoxy) is 1. The molecule has 0 aliphatic carbocycles. The molecule has 2 aromatic carbocycles. The van der Waals surface area contributed by atoms with Crippen LogP contribution in [0.25, 0.3) is 11.4 Å². The molecule has 3 aromatic rings. The van der Waals surface area contributed by atoms with E-state index in [1.807, 2.05) is 30.5 Å². The molecule has 3 rings (SSSR count). The highest BCUT2D eigenvalue weighted by atomic mass is 35.5. The van der Waals surface area contributed by atoms with Crippen LogP contribution in [0, 0.1) is 0 Å². The molecule has 0 saturated carbocycles. The van der Waals surface area contributed by atoms with Crippen molar-refractivity contribution in [1.82, 2.24) is 9.36 Å². The molecule has 0 saturated heterocycles. The first kappa shape index (κ1) is 27.9. The van der Waals surface area contributed by atoms with Crippen molar-refractivity contribution < 1.29 is 13.2 Å². The second-order valence-electron chi connectivity index (χ2n) is 8.10. The number of allylic oxidation sites excluding steroid dienone is 1. The number of aromatic nitrogens is 2. The van der Waals surface area contributed by atoms with E-state index in [1.54, 1.807) is 12.1 Å². The zero-order valence-corrected chi connectivity index (χ0v) is 23.6. The molecule has 0 unspecified atom stereocenters. The summed E-state index contributed by atoms with van der Waals surface area (Å²) in [4.78, 5) is 9.67. The third kappa shape index (κ3) is 6.76. The zero-order chi connectivity index (χ0) is 26.5. The first-order valence-electron chi connectivity index (χ1n) is 10.8. The van der Waals surface area contributed by atoms with E-state index in [2.05, 4.69) is 29.8 Å². The monoisotopic (exact) mass is 562 g/mol. The predicted octanol–water partition coefficient (Wildman–Crippen LogP) is 6.11.